The molecule has 0 fully saturated rings. The maximum Gasteiger partial charge on any atom is 0.227 e. The molecule has 0 saturated heterocycles. The summed E-state index contributed by atoms with van der Waals surface area (Å²) in [5.74, 6) is 0.904. The first-order valence-electron chi connectivity index (χ1n) is 8.95. The molecule has 4 nitrogen and oxygen atoms in total. The highest BCUT2D eigenvalue weighted by molar-refractivity contribution is 9.10. The Morgan fingerprint density at radius 1 is 1.07 bits per heavy atom. The molecule has 0 atom stereocenters. The molecule has 0 unspecified atom stereocenters. The minimum absolute atomic E-state index is 0.147. The Kier molecular flexibility index (Phi) is 5.41. The van der Waals surface area contributed by atoms with Crippen molar-refractivity contribution < 1.29 is 9.15 Å². The number of rotatable bonds is 5. The van der Waals surface area contributed by atoms with E-state index in [1.54, 1.807) is 0 Å². The summed E-state index contributed by atoms with van der Waals surface area (Å²) in [7, 11) is 0. The molecule has 1 aromatic heterocycles. The Balaban J connectivity index is 1.38. The van der Waals surface area contributed by atoms with E-state index in [-0.39, 0.29) is 11.2 Å². The van der Waals surface area contributed by atoms with Crippen LogP contribution in [0.2, 0.25) is 0 Å². The van der Waals surface area contributed by atoms with E-state index in [4.69, 9.17) is 9.15 Å². The van der Waals surface area contributed by atoms with Gasteiger partial charge in [-0.1, -0.05) is 52.3 Å². The average Bonchev–Trinajstić information content (AvgIpc) is 2.68. The van der Waals surface area contributed by atoms with Crippen LogP contribution in [0.5, 0.6) is 5.75 Å². The van der Waals surface area contributed by atoms with Gasteiger partial charge in [-0.3, -0.25) is 9.69 Å². The van der Waals surface area contributed by atoms with E-state index >= 15 is 0 Å². The van der Waals surface area contributed by atoms with Gasteiger partial charge in [-0.2, -0.15) is 0 Å². The first-order chi connectivity index (χ1) is 13.2. The second-order valence-corrected chi connectivity index (χ2v) is 7.64. The van der Waals surface area contributed by atoms with Crippen LogP contribution in [0.3, 0.4) is 0 Å². The molecule has 0 aliphatic carbocycles. The average molecular weight is 426 g/mol. The van der Waals surface area contributed by atoms with Gasteiger partial charge in [-0.25, -0.2) is 0 Å². The second-order valence-electron chi connectivity index (χ2n) is 6.72. The van der Waals surface area contributed by atoms with E-state index in [1.165, 1.54) is 23.5 Å². The fourth-order valence-corrected chi connectivity index (χ4v) is 3.54. The summed E-state index contributed by atoms with van der Waals surface area (Å²) in [6, 6.07) is 17.8. The zero-order chi connectivity index (χ0) is 18.6. The van der Waals surface area contributed by atoms with Crippen molar-refractivity contribution in [1.29, 1.82) is 0 Å². The van der Waals surface area contributed by atoms with Crippen LogP contribution >= 0.6 is 15.9 Å². The van der Waals surface area contributed by atoms with Gasteiger partial charge >= 0.3 is 0 Å². The molecular weight excluding hydrogens is 406 g/mol. The summed E-state index contributed by atoms with van der Waals surface area (Å²) >= 11 is 3.40. The predicted molar refractivity (Wildman–Crippen MR) is 108 cm³/mol. The fraction of sp³-hybridized carbons (Fsp3) is 0.227. The molecule has 3 aromatic rings. The smallest absolute Gasteiger partial charge is 0.227 e. The van der Waals surface area contributed by atoms with Crippen molar-refractivity contribution in [1.82, 2.24) is 4.90 Å². The Labute approximate surface area is 166 Å². The topological polar surface area (TPSA) is 42.7 Å². The first-order valence-corrected chi connectivity index (χ1v) is 9.75. The third kappa shape index (κ3) is 4.49. The molecule has 27 heavy (non-hydrogen) atoms. The lowest BCUT2D eigenvalue weighted by Crippen LogP contribution is -2.30. The summed E-state index contributed by atoms with van der Waals surface area (Å²) in [6.45, 7) is 2.79. The van der Waals surface area contributed by atoms with Crippen LogP contribution < -0.4 is 10.2 Å². The number of ether oxygens (including phenoxy) is 1. The lowest BCUT2D eigenvalue weighted by atomic mass is 10.00. The summed E-state index contributed by atoms with van der Waals surface area (Å²) in [6.07, 6.45) is 2.45. The number of hydrogen-bond donors (Lipinski definition) is 0. The van der Waals surface area contributed by atoms with Gasteiger partial charge in [0.1, 0.15) is 18.6 Å². The molecule has 1 aliphatic rings. The summed E-state index contributed by atoms with van der Waals surface area (Å²) in [4.78, 5) is 14.6. The number of halogens is 1. The lowest BCUT2D eigenvalue weighted by Gasteiger charge is -2.28. The fourth-order valence-electron chi connectivity index (χ4n) is 3.28. The number of nitrogens with zero attached hydrogens (tertiary/aromatic N) is 1. The molecule has 2 heterocycles. The Hall–Kier alpha value is -2.37. The van der Waals surface area contributed by atoms with Crippen molar-refractivity contribution in [2.24, 2.45) is 0 Å². The molecule has 5 heteroatoms. The number of fused-ring (bicyclic) bond motifs is 1. The van der Waals surface area contributed by atoms with E-state index in [9.17, 15) is 4.79 Å². The highest BCUT2D eigenvalue weighted by atomic mass is 79.9. The van der Waals surface area contributed by atoms with Crippen LogP contribution in [0.1, 0.15) is 22.5 Å². The van der Waals surface area contributed by atoms with Gasteiger partial charge in [-0.05, 0) is 35.2 Å². The minimum atomic E-state index is -0.147. The summed E-state index contributed by atoms with van der Waals surface area (Å²) < 4.78 is 12.3. The zero-order valence-electron chi connectivity index (χ0n) is 14.9. The van der Waals surface area contributed by atoms with Crippen molar-refractivity contribution >= 4 is 15.9 Å². The van der Waals surface area contributed by atoms with Gasteiger partial charge in [0, 0.05) is 23.6 Å². The van der Waals surface area contributed by atoms with Gasteiger partial charge in [-0.15, -0.1) is 0 Å². The van der Waals surface area contributed by atoms with Crippen LogP contribution in [0, 0.1) is 0 Å². The largest absolute Gasteiger partial charge is 0.482 e. The highest BCUT2D eigenvalue weighted by Gasteiger charge is 2.17. The van der Waals surface area contributed by atoms with Crippen LogP contribution in [0.25, 0.3) is 0 Å². The molecule has 0 spiro atoms. The third-order valence-electron chi connectivity index (χ3n) is 4.75. The maximum absolute atomic E-state index is 12.3. The molecule has 0 N–H and O–H groups in total. The van der Waals surface area contributed by atoms with Crippen molar-refractivity contribution in [3.63, 3.8) is 0 Å². The van der Waals surface area contributed by atoms with E-state index in [0.29, 0.717) is 18.9 Å². The normalized spacial score (nSPS) is 14.0. The lowest BCUT2D eigenvalue weighted by molar-refractivity contribution is 0.220. The van der Waals surface area contributed by atoms with E-state index < -0.39 is 0 Å². The molecule has 138 valence electrons. The zero-order valence-corrected chi connectivity index (χ0v) is 16.4. The minimum Gasteiger partial charge on any atom is -0.482 e. The van der Waals surface area contributed by atoms with Gasteiger partial charge in [0.2, 0.25) is 11.2 Å². The molecule has 2 aromatic carbocycles. The Morgan fingerprint density at radius 2 is 1.85 bits per heavy atom. The van der Waals surface area contributed by atoms with Gasteiger partial charge in [0.25, 0.3) is 0 Å². The summed E-state index contributed by atoms with van der Waals surface area (Å²) in [5, 5.41) is 0. The quantitative estimate of drug-likeness (QED) is 0.601. The molecule has 0 radical (unpaired) electrons. The van der Waals surface area contributed by atoms with E-state index in [1.807, 2.05) is 24.3 Å². The van der Waals surface area contributed by atoms with Crippen molar-refractivity contribution in [2.75, 3.05) is 6.54 Å². The number of benzene rings is 2. The van der Waals surface area contributed by atoms with Crippen LogP contribution in [-0.4, -0.2) is 11.4 Å². The van der Waals surface area contributed by atoms with Gasteiger partial charge in [0.05, 0.1) is 6.54 Å². The van der Waals surface area contributed by atoms with Crippen molar-refractivity contribution in [3.8, 4) is 5.75 Å². The van der Waals surface area contributed by atoms with Crippen molar-refractivity contribution in [3.05, 3.63) is 98.0 Å². The first kappa shape index (κ1) is 18.0. The third-order valence-corrected chi connectivity index (χ3v) is 5.28. The molecule has 1 aliphatic heterocycles. The maximum atomic E-state index is 12.3. The highest BCUT2D eigenvalue weighted by Crippen LogP contribution is 2.20. The molecule has 4 rings (SSSR count). The second kappa shape index (κ2) is 8.11. The Bertz CT molecular complexity index is 981. The summed E-state index contributed by atoms with van der Waals surface area (Å²) in [5.41, 5.74) is 3.60. The van der Waals surface area contributed by atoms with Gasteiger partial charge in [0.15, 0.2) is 0 Å². The van der Waals surface area contributed by atoms with Crippen LogP contribution in [0.15, 0.2) is 74.5 Å². The monoisotopic (exact) mass is 425 g/mol. The van der Waals surface area contributed by atoms with Crippen LogP contribution in [0.4, 0.5) is 0 Å². The molecule has 0 bridgehead atoms. The van der Waals surface area contributed by atoms with E-state index in [0.717, 1.165) is 29.5 Å². The van der Waals surface area contributed by atoms with Gasteiger partial charge < -0.3 is 9.15 Å². The molecule has 0 amide bonds. The standard InChI is InChI=1S/C22H20BrNO3/c23-19-7-5-16(6-8-19)14-27-22-15-26-20(11-21(22)25)13-24-10-9-17-3-1-2-4-18(17)12-24/h1-8,11,15H,9-10,12-14H2. The number of hydrogen-bond acceptors (Lipinski definition) is 4. The van der Waals surface area contributed by atoms with Crippen molar-refractivity contribution in [2.45, 2.75) is 26.1 Å². The van der Waals surface area contributed by atoms with E-state index in [2.05, 4.69) is 45.1 Å². The molecule has 0 saturated carbocycles. The van der Waals surface area contributed by atoms with Crippen LogP contribution in [-0.2, 0) is 26.1 Å². The molecular formula is C22H20BrNO3. The predicted octanol–water partition coefficient (Wildman–Crippen LogP) is 4.54. The SMILES string of the molecule is O=c1cc(CN2CCc3ccccc3C2)occ1OCc1ccc(Br)cc1. The Morgan fingerprint density at radius 3 is 2.63 bits per heavy atom.